The van der Waals surface area contributed by atoms with Gasteiger partial charge in [-0.2, -0.15) is 0 Å². The number of fused-ring (bicyclic) bond motifs is 3. The van der Waals surface area contributed by atoms with Gasteiger partial charge < -0.3 is 0 Å². The Bertz CT molecular complexity index is 934. The average molecular weight is 419 g/mol. The van der Waals surface area contributed by atoms with E-state index in [1.54, 1.807) is 0 Å². The van der Waals surface area contributed by atoms with E-state index in [0.717, 1.165) is 50.2 Å². The molecule has 1 fully saturated rings. The molecule has 29 heavy (non-hydrogen) atoms. The Morgan fingerprint density at radius 1 is 1.07 bits per heavy atom. The van der Waals surface area contributed by atoms with Crippen molar-refractivity contribution >= 4 is 11.6 Å². The van der Waals surface area contributed by atoms with Gasteiger partial charge in [-0.25, -0.2) is 13.2 Å². The molecule has 0 spiro atoms. The van der Waals surface area contributed by atoms with Gasteiger partial charge in [0.05, 0.1) is 10.6 Å². The SMILES string of the molecule is CCC/C=C/C1CCC2c3cc(F)c(-c4ccc(Cl)c(F)c4)c(F)c3CCC2C1. The molecule has 0 saturated heterocycles. The topological polar surface area (TPSA) is 0 Å². The highest BCUT2D eigenvalue weighted by Crippen LogP contribution is 2.49. The van der Waals surface area contributed by atoms with Crippen LogP contribution in [0.4, 0.5) is 13.2 Å². The predicted molar refractivity (Wildman–Crippen MR) is 113 cm³/mol. The molecule has 0 amide bonds. The molecule has 4 heteroatoms. The monoisotopic (exact) mass is 418 g/mol. The summed E-state index contributed by atoms with van der Waals surface area (Å²) in [6.45, 7) is 2.18. The van der Waals surface area contributed by atoms with Crippen LogP contribution < -0.4 is 0 Å². The van der Waals surface area contributed by atoms with Crippen molar-refractivity contribution in [2.75, 3.05) is 0 Å². The summed E-state index contributed by atoms with van der Waals surface area (Å²) in [5.74, 6) is -0.552. The summed E-state index contributed by atoms with van der Waals surface area (Å²) in [4.78, 5) is 0. The standard InChI is InChI=1S/C25H26ClF3/c1-2-3-4-5-15-6-9-18-16(12-15)7-10-19-20(18)14-23(28)24(25(19)29)17-8-11-21(26)22(27)13-17/h4-5,8,11,13-16,18H,2-3,6-7,9-10,12H2,1H3/b5-4+. The van der Waals surface area contributed by atoms with Crippen LogP contribution in [-0.2, 0) is 6.42 Å². The first-order valence-electron chi connectivity index (χ1n) is 10.6. The van der Waals surface area contributed by atoms with Gasteiger partial charge in [0.25, 0.3) is 0 Å². The molecule has 4 rings (SSSR count). The first kappa shape index (κ1) is 20.5. The zero-order valence-electron chi connectivity index (χ0n) is 16.7. The molecule has 2 aromatic rings. The Hall–Kier alpha value is -1.74. The molecule has 3 atom stereocenters. The van der Waals surface area contributed by atoms with E-state index >= 15 is 4.39 Å². The van der Waals surface area contributed by atoms with Gasteiger partial charge in [0.2, 0.25) is 0 Å². The van der Waals surface area contributed by atoms with Crippen molar-refractivity contribution in [3.63, 3.8) is 0 Å². The van der Waals surface area contributed by atoms with Crippen LogP contribution in [0.1, 0.15) is 62.5 Å². The highest BCUT2D eigenvalue weighted by Gasteiger charge is 2.37. The first-order valence-corrected chi connectivity index (χ1v) is 11.0. The number of hydrogen-bond acceptors (Lipinski definition) is 0. The first-order chi connectivity index (χ1) is 14.0. The minimum absolute atomic E-state index is 0.0554. The number of unbranched alkanes of at least 4 members (excludes halogenated alkanes) is 1. The lowest BCUT2D eigenvalue weighted by atomic mass is 9.65. The highest BCUT2D eigenvalue weighted by molar-refractivity contribution is 6.30. The summed E-state index contributed by atoms with van der Waals surface area (Å²) < 4.78 is 44.2. The summed E-state index contributed by atoms with van der Waals surface area (Å²) in [6.07, 6.45) is 11.5. The molecule has 0 aromatic heterocycles. The maximum absolute atomic E-state index is 15.4. The molecular weight excluding hydrogens is 393 g/mol. The predicted octanol–water partition coefficient (Wildman–Crippen LogP) is 8.23. The molecule has 2 aromatic carbocycles. The Morgan fingerprint density at radius 3 is 2.66 bits per heavy atom. The molecule has 1 saturated carbocycles. The number of benzene rings is 2. The minimum Gasteiger partial charge on any atom is -0.206 e. The lowest BCUT2D eigenvalue weighted by Gasteiger charge is -2.40. The van der Waals surface area contributed by atoms with E-state index in [1.807, 2.05) is 0 Å². The smallest absolute Gasteiger partial charge is 0.142 e. The van der Waals surface area contributed by atoms with Gasteiger partial charge in [-0.3, -0.25) is 0 Å². The van der Waals surface area contributed by atoms with Crippen molar-refractivity contribution in [3.8, 4) is 11.1 Å². The van der Waals surface area contributed by atoms with Gasteiger partial charge >= 0.3 is 0 Å². The van der Waals surface area contributed by atoms with Gasteiger partial charge in [-0.1, -0.05) is 43.2 Å². The Labute approximate surface area is 175 Å². The number of rotatable bonds is 4. The maximum atomic E-state index is 15.4. The van der Waals surface area contributed by atoms with E-state index < -0.39 is 17.5 Å². The normalized spacial score (nSPS) is 23.8. The molecule has 0 N–H and O–H groups in total. The molecule has 3 unspecified atom stereocenters. The molecule has 0 bridgehead atoms. The number of allylic oxidation sites excluding steroid dienone is 2. The van der Waals surface area contributed by atoms with E-state index in [-0.39, 0.29) is 22.1 Å². The Balaban J connectivity index is 1.64. The molecule has 0 aliphatic heterocycles. The van der Waals surface area contributed by atoms with Crippen molar-refractivity contribution in [2.45, 2.75) is 57.8 Å². The van der Waals surface area contributed by atoms with Gasteiger partial charge in [0.1, 0.15) is 17.5 Å². The molecule has 0 radical (unpaired) electrons. The lowest BCUT2D eigenvalue weighted by molar-refractivity contribution is 0.234. The van der Waals surface area contributed by atoms with E-state index in [4.69, 9.17) is 11.6 Å². The van der Waals surface area contributed by atoms with Gasteiger partial charge in [0.15, 0.2) is 0 Å². The van der Waals surface area contributed by atoms with Crippen molar-refractivity contribution < 1.29 is 13.2 Å². The van der Waals surface area contributed by atoms with E-state index in [2.05, 4.69) is 19.1 Å². The third-order valence-corrected chi connectivity index (χ3v) is 6.92. The van der Waals surface area contributed by atoms with Crippen LogP contribution in [0.15, 0.2) is 36.4 Å². The average Bonchev–Trinajstić information content (AvgIpc) is 2.70. The molecule has 0 heterocycles. The number of hydrogen-bond donors (Lipinski definition) is 0. The second-order valence-corrected chi connectivity index (χ2v) is 8.85. The zero-order chi connectivity index (χ0) is 20.5. The van der Waals surface area contributed by atoms with Crippen molar-refractivity contribution in [1.29, 1.82) is 0 Å². The van der Waals surface area contributed by atoms with E-state index in [9.17, 15) is 8.78 Å². The summed E-state index contributed by atoms with van der Waals surface area (Å²) in [6, 6.07) is 5.42. The lowest BCUT2D eigenvalue weighted by Crippen LogP contribution is -2.28. The summed E-state index contributed by atoms with van der Waals surface area (Å²) in [7, 11) is 0. The fourth-order valence-corrected chi connectivity index (χ4v) is 5.29. The Kier molecular flexibility index (Phi) is 6.06. The third-order valence-electron chi connectivity index (χ3n) is 6.61. The molecule has 2 aliphatic rings. The van der Waals surface area contributed by atoms with Gasteiger partial charge in [-0.15, -0.1) is 0 Å². The van der Waals surface area contributed by atoms with Crippen LogP contribution in [-0.4, -0.2) is 0 Å². The largest absolute Gasteiger partial charge is 0.206 e. The van der Waals surface area contributed by atoms with Crippen LogP contribution in [0, 0.1) is 29.3 Å². The van der Waals surface area contributed by atoms with Crippen LogP contribution >= 0.6 is 11.6 Å². The Morgan fingerprint density at radius 2 is 1.90 bits per heavy atom. The zero-order valence-corrected chi connectivity index (χ0v) is 17.4. The molecule has 2 aliphatic carbocycles. The van der Waals surface area contributed by atoms with Crippen LogP contribution in [0.5, 0.6) is 0 Å². The quantitative estimate of drug-likeness (QED) is 0.438. The minimum atomic E-state index is -0.671. The summed E-state index contributed by atoms with van der Waals surface area (Å²) in [5, 5.41) is -0.0554. The fraction of sp³-hybridized carbons (Fsp3) is 0.440. The van der Waals surface area contributed by atoms with Crippen molar-refractivity contribution in [3.05, 3.63) is 70.0 Å². The third kappa shape index (κ3) is 3.99. The molecular formula is C25H26ClF3. The highest BCUT2D eigenvalue weighted by atomic mass is 35.5. The second kappa shape index (κ2) is 8.55. The van der Waals surface area contributed by atoms with Crippen LogP contribution in [0.2, 0.25) is 5.02 Å². The summed E-state index contributed by atoms with van der Waals surface area (Å²) in [5.41, 5.74) is 1.48. The van der Waals surface area contributed by atoms with Crippen LogP contribution in [0.3, 0.4) is 0 Å². The van der Waals surface area contributed by atoms with Crippen molar-refractivity contribution in [2.24, 2.45) is 11.8 Å². The van der Waals surface area contributed by atoms with Crippen LogP contribution in [0.25, 0.3) is 11.1 Å². The van der Waals surface area contributed by atoms with E-state index in [1.165, 1.54) is 18.2 Å². The van der Waals surface area contributed by atoms with Gasteiger partial charge in [0, 0.05) is 0 Å². The van der Waals surface area contributed by atoms with Crippen molar-refractivity contribution in [1.82, 2.24) is 0 Å². The molecule has 154 valence electrons. The van der Waals surface area contributed by atoms with Gasteiger partial charge in [-0.05, 0) is 91.2 Å². The summed E-state index contributed by atoms with van der Waals surface area (Å²) >= 11 is 5.72. The van der Waals surface area contributed by atoms with E-state index in [0.29, 0.717) is 23.8 Å². The molecule has 0 nitrogen and oxygen atoms in total. The maximum Gasteiger partial charge on any atom is 0.142 e. The fourth-order valence-electron chi connectivity index (χ4n) is 5.17. The number of halogens is 4. The second-order valence-electron chi connectivity index (χ2n) is 8.44.